The van der Waals surface area contributed by atoms with Crippen molar-refractivity contribution in [1.82, 2.24) is 10.6 Å². The van der Waals surface area contributed by atoms with Crippen LogP contribution in [0.1, 0.15) is 86.5 Å². The predicted molar refractivity (Wildman–Crippen MR) is 117 cm³/mol. The normalized spacial score (nSPS) is 11.0. The molecule has 1 amide bonds. The van der Waals surface area contributed by atoms with Gasteiger partial charge in [-0.2, -0.15) is 0 Å². The number of hydrogen-bond acceptors (Lipinski definition) is 4. The third-order valence-corrected chi connectivity index (χ3v) is 3.78. The van der Waals surface area contributed by atoms with Crippen LogP contribution in [0.4, 0.5) is 0 Å². The Kier molecular flexibility index (Phi) is 25.8. The molecule has 0 rings (SSSR count). The lowest BCUT2D eigenvalue weighted by Crippen LogP contribution is -2.42. The third kappa shape index (κ3) is 22.8. The molecule has 5 nitrogen and oxygen atoms in total. The highest BCUT2D eigenvalue weighted by molar-refractivity contribution is 5.90. The number of aliphatic hydroxyl groups excluding tert-OH is 1. The molecule has 0 bridgehead atoms. The number of ketones is 1. The largest absolute Gasteiger partial charge is 0.400 e. The summed E-state index contributed by atoms with van der Waals surface area (Å²) in [6.07, 6.45) is 8.27. The summed E-state index contributed by atoms with van der Waals surface area (Å²) in [5, 5.41) is 13.2. The Morgan fingerprint density at radius 3 is 1.96 bits per heavy atom. The molecule has 0 aliphatic rings. The van der Waals surface area contributed by atoms with Crippen molar-refractivity contribution >= 4 is 11.7 Å². The average molecular weight is 387 g/mol. The summed E-state index contributed by atoms with van der Waals surface area (Å²) < 4.78 is 0. The Morgan fingerprint density at radius 1 is 1.00 bits per heavy atom. The first kappa shape index (κ1) is 30.5. The minimum atomic E-state index is -0.419. The molecular weight excluding hydrogens is 340 g/mol. The van der Waals surface area contributed by atoms with Crippen molar-refractivity contribution in [1.29, 1.82) is 0 Å². The molecule has 0 aromatic heterocycles. The van der Waals surface area contributed by atoms with E-state index in [0.717, 1.165) is 32.9 Å². The van der Waals surface area contributed by atoms with E-state index in [1.54, 1.807) is 6.08 Å². The number of aliphatic hydroxyl groups is 1. The zero-order valence-electron chi connectivity index (χ0n) is 18.9. The van der Waals surface area contributed by atoms with Crippen molar-refractivity contribution in [2.75, 3.05) is 13.7 Å². The lowest BCUT2D eigenvalue weighted by molar-refractivity contribution is -0.129. The number of carbonyl (C=O) groups excluding carboxylic acids is 2. The third-order valence-electron chi connectivity index (χ3n) is 3.78. The van der Waals surface area contributed by atoms with Crippen molar-refractivity contribution in [2.45, 2.75) is 98.6 Å². The molecule has 27 heavy (non-hydrogen) atoms. The summed E-state index contributed by atoms with van der Waals surface area (Å²) in [4.78, 5) is 23.9. The number of hydrogen-bond donors (Lipinski definition) is 3. The van der Waals surface area contributed by atoms with Crippen LogP contribution in [-0.2, 0) is 9.59 Å². The summed E-state index contributed by atoms with van der Waals surface area (Å²) in [5.41, 5.74) is 0. The minimum Gasteiger partial charge on any atom is -0.400 e. The van der Waals surface area contributed by atoms with Crippen LogP contribution in [0.2, 0.25) is 0 Å². The van der Waals surface area contributed by atoms with E-state index in [2.05, 4.69) is 44.9 Å². The number of carbonyl (C=O) groups is 2. The van der Waals surface area contributed by atoms with Gasteiger partial charge in [0.25, 0.3) is 0 Å². The molecule has 0 saturated heterocycles. The zero-order chi connectivity index (χ0) is 21.7. The van der Waals surface area contributed by atoms with Gasteiger partial charge in [0.05, 0.1) is 6.04 Å². The van der Waals surface area contributed by atoms with Gasteiger partial charge in [0.1, 0.15) is 0 Å². The number of rotatable bonds is 13. The van der Waals surface area contributed by atoms with Crippen LogP contribution in [0.5, 0.6) is 0 Å². The van der Waals surface area contributed by atoms with Crippen molar-refractivity contribution in [3.05, 3.63) is 12.7 Å². The van der Waals surface area contributed by atoms with Gasteiger partial charge in [0.15, 0.2) is 5.78 Å². The lowest BCUT2D eigenvalue weighted by Gasteiger charge is -2.18. The highest BCUT2D eigenvalue weighted by Crippen LogP contribution is 2.06. The smallest absolute Gasteiger partial charge is 0.220 e. The second kappa shape index (κ2) is 22.8. The van der Waals surface area contributed by atoms with E-state index in [4.69, 9.17) is 5.11 Å². The fourth-order valence-electron chi connectivity index (χ4n) is 2.06. The fourth-order valence-corrected chi connectivity index (χ4v) is 2.06. The van der Waals surface area contributed by atoms with Gasteiger partial charge in [-0.3, -0.25) is 9.59 Å². The molecule has 0 spiro atoms. The molecule has 1 atom stereocenters. The Bertz CT molecular complexity index is 353. The van der Waals surface area contributed by atoms with E-state index in [-0.39, 0.29) is 17.6 Å². The fraction of sp³-hybridized carbons (Fsp3) is 0.818. The summed E-state index contributed by atoms with van der Waals surface area (Å²) in [5.74, 6) is -0.0330. The predicted octanol–water partition coefficient (Wildman–Crippen LogP) is 4.25. The molecular formula is C22H46N2O3. The summed E-state index contributed by atoms with van der Waals surface area (Å²) >= 11 is 0. The van der Waals surface area contributed by atoms with E-state index in [9.17, 15) is 9.59 Å². The first-order valence-electron chi connectivity index (χ1n) is 10.4. The summed E-state index contributed by atoms with van der Waals surface area (Å²) in [6, 6.07) is 0.0904. The second-order valence-corrected chi connectivity index (χ2v) is 7.12. The van der Waals surface area contributed by atoms with Gasteiger partial charge in [-0.25, -0.2) is 0 Å². The standard InChI is InChI=1S/C17H32N2O2.C4H10.CH4O/c1-6-10-15(17(21)13(2)3)19-16(20)11-8-7-9-12-18-14(4)5;1-3-4-2;1-2/h6,13-15,18H,1,7-12H2,2-5H3,(H,19,20);3-4H2,1-2H3;2H,1H3. The summed E-state index contributed by atoms with van der Waals surface area (Å²) in [7, 11) is 1.00. The van der Waals surface area contributed by atoms with Gasteiger partial charge >= 0.3 is 0 Å². The van der Waals surface area contributed by atoms with Crippen LogP contribution in [0.25, 0.3) is 0 Å². The Balaban J connectivity index is -0.000000841. The molecule has 0 aromatic carbocycles. The highest BCUT2D eigenvalue weighted by Gasteiger charge is 2.21. The van der Waals surface area contributed by atoms with Gasteiger partial charge in [0.2, 0.25) is 5.91 Å². The van der Waals surface area contributed by atoms with E-state index in [1.165, 1.54) is 12.8 Å². The molecule has 162 valence electrons. The van der Waals surface area contributed by atoms with Crippen molar-refractivity contribution < 1.29 is 14.7 Å². The number of Topliss-reactive ketones (excluding diaryl/α,β-unsaturated/α-hetero) is 1. The monoisotopic (exact) mass is 386 g/mol. The van der Waals surface area contributed by atoms with Crippen LogP contribution in [0, 0.1) is 5.92 Å². The highest BCUT2D eigenvalue weighted by atomic mass is 16.2. The molecule has 5 heteroatoms. The zero-order valence-corrected chi connectivity index (χ0v) is 18.9. The average Bonchev–Trinajstić information content (AvgIpc) is 2.65. The van der Waals surface area contributed by atoms with E-state index >= 15 is 0 Å². The quantitative estimate of drug-likeness (QED) is 0.327. The van der Waals surface area contributed by atoms with Gasteiger partial charge in [-0.1, -0.05) is 66.9 Å². The molecule has 0 heterocycles. The molecule has 0 fully saturated rings. The van der Waals surface area contributed by atoms with Gasteiger partial charge in [-0.05, 0) is 25.8 Å². The van der Waals surface area contributed by atoms with Crippen molar-refractivity contribution in [2.24, 2.45) is 5.92 Å². The van der Waals surface area contributed by atoms with Crippen LogP contribution in [0.3, 0.4) is 0 Å². The topological polar surface area (TPSA) is 78.4 Å². The number of amides is 1. The van der Waals surface area contributed by atoms with Crippen molar-refractivity contribution in [3.8, 4) is 0 Å². The Hall–Kier alpha value is -1.20. The first-order chi connectivity index (χ1) is 12.8. The number of nitrogens with one attached hydrogen (secondary N) is 2. The Morgan fingerprint density at radius 2 is 1.56 bits per heavy atom. The molecule has 0 aliphatic heterocycles. The van der Waals surface area contributed by atoms with Crippen LogP contribution >= 0.6 is 0 Å². The molecule has 0 aromatic rings. The van der Waals surface area contributed by atoms with Gasteiger partial charge in [-0.15, -0.1) is 6.58 Å². The number of unbranched alkanes of at least 4 members (excludes halogenated alkanes) is 3. The van der Waals surface area contributed by atoms with Crippen LogP contribution < -0.4 is 10.6 Å². The lowest BCUT2D eigenvalue weighted by atomic mass is 9.99. The van der Waals surface area contributed by atoms with E-state index < -0.39 is 6.04 Å². The molecule has 3 N–H and O–H groups in total. The molecule has 0 radical (unpaired) electrons. The molecule has 0 saturated carbocycles. The minimum absolute atomic E-state index is 0.0346. The van der Waals surface area contributed by atoms with E-state index in [1.807, 2.05) is 13.8 Å². The van der Waals surface area contributed by atoms with Crippen LogP contribution in [0.15, 0.2) is 12.7 Å². The van der Waals surface area contributed by atoms with Crippen LogP contribution in [-0.4, -0.2) is 42.5 Å². The van der Waals surface area contributed by atoms with Gasteiger partial charge < -0.3 is 15.7 Å². The molecule has 0 aliphatic carbocycles. The van der Waals surface area contributed by atoms with Crippen molar-refractivity contribution in [3.63, 3.8) is 0 Å². The second-order valence-electron chi connectivity index (χ2n) is 7.12. The van der Waals surface area contributed by atoms with Gasteiger partial charge in [0, 0.05) is 25.5 Å². The Labute approximate surface area is 168 Å². The maximum atomic E-state index is 12.0. The summed E-state index contributed by atoms with van der Waals surface area (Å²) in [6.45, 7) is 17.0. The maximum absolute atomic E-state index is 12.0. The first-order valence-corrected chi connectivity index (χ1v) is 10.4. The SMILES string of the molecule is C=CCC(NC(=O)CCCCCNC(C)C)C(=O)C(C)C.CCCC.CO. The van der Waals surface area contributed by atoms with E-state index in [0.29, 0.717) is 18.9 Å². The maximum Gasteiger partial charge on any atom is 0.220 e. The molecule has 1 unspecified atom stereocenters.